The highest BCUT2D eigenvalue weighted by Crippen LogP contribution is 2.26. The highest BCUT2D eigenvalue weighted by molar-refractivity contribution is 7.10. The molecule has 2 aliphatic heterocycles. The Morgan fingerprint density at radius 1 is 0.709 bits per heavy atom. The number of rotatable bonds is 14. The van der Waals surface area contributed by atoms with Gasteiger partial charge >= 0.3 is 0 Å². The number of hydrogen-bond donors (Lipinski definition) is 2. The third kappa shape index (κ3) is 17.2. The fourth-order valence-corrected chi connectivity index (χ4v) is 7.16. The summed E-state index contributed by atoms with van der Waals surface area (Å²) in [6.07, 6.45) is 0. The molecule has 11 nitrogen and oxygen atoms in total. The van der Waals surface area contributed by atoms with Crippen LogP contribution in [0.5, 0.6) is 11.5 Å². The number of carbonyl (C=O) groups excluding carboxylic acids is 2. The second-order valence-electron chi connectivity index (χ2n) is 11.7. The number of morpholine rings is 2. The maximum absolute atomic E-state index is 12.9. The molecule has 2 fully saturated rings. The zero-order chi connectivity index (χ0) is 37.7. The standard InChI is InChI=1S/2C18H21FN2O3S.C2H3N.2ClH/c2*19-14-3-5-15(6-4-14)24-13-18(22)20-12-16(17-2-1-11-25-17)21-7-9-23-10-8-21;1-2-3;;/h2*1-6,11,16H,7-10,12-13H2,(H,20,22);1H3;2*1H. The van der Waals surface area contributed by atoms with Crippen LogP contribution in [0.25, 0.3) is 0 Å². The van der Waals surface area contributed by atoms with Gasteiger partial charge in [-0.05, 0) is 71.4 Å². The van der Waals surface area contributed by atoms with Gasteiger partial charge in [0.05, 0.1) is 44.6 Å². The molecule has 0 spiro atoms. The molecule has 6 rings (SSSR count). The van der Waals surface area contributed by atoms with E-state index in [0.717, 1.165) is 26.2 Å². The second-order valence-corrected chi connectivity index (χ2v) is 13.6. The molecule has 0 bridgehead atoms. The molecule has 2 aliphatic rings. The van der Waals surface area contributed by atoms with Crippen molar-refractivity contribution in [3.63, 3.8) is 0 Å². The molecular weight excluding hydrogens is 795 g/mol. The van der Waals surface area contributed by atoms with Gasteiger partial charge in [0.2, 0.25) is 0 Å². The van der Waals surface area contributed by atoms with Gasteiger partial charge in [-0.1, -0.05) is 12.1 Å². The van der Waals surface area contributed by atoms with E-state index >= 15 is 0 Å². The molecular formula is C38H47Cl2F2N5O6S2. The molecule has 2 atom stereocenters. The van der Waals surface area contributed by atoms with Crippen molar-refractivity contribution in [2.45, 2.75) is 19.0 Å². The van der Waals surface area contributed by atoms with Crippen molar-refractivity contribution in [1.82, 2.24) is 20.4 Å². The van der Waals surface area contributed by atoms with Crippen molar-refractivity contribution in [2.75, 3.05) is 78.9 Å². The van der Waals surface area contributed by atoms with Crippen LogP contribution in [0.15, 0.2) is 83.6 Å². The molecule has 300 valence electrons. The topological polar surface area (TPSA) is 125 Å². The van der Waals surface area contributed by atoms with Gasteiger partial charge in [-0.2, -0.15) is 5.26 Å². The van der Waals surface area contributed by atoms with Crippen LogP contribution in [-0.4, -0.2) is 101 Å². The Morgan fingerprint density at radius 2 is 1.05 bits per heavy atom. The number of halogens is 4. The van der Waals surface area contributed by atoms with Crippen LogP contribution in [0, 0.1) is 23.0 Å². The van der Waals surface area contributed by atoms with E-state index in [0.29, 0.717) is 51.0 Å². The van der Waals surface area contributed by atoms with E-state index in [1.165, 1.54) is 65.2 Å². The molecule has 0 saturated carbocycles. The van der Waals surface area contributed by atoms with Crippen LogP contribution in [0.2, 0.25) is 0 Å². The summed E-state index contributed by atoms with van der Waals surface area (Å²) < 4.78 is 47.3. The Balaban J connectivity index is 0.000000343. The summed E-state index contributed by atoms with van der Waals surface area (Å²) in [4.78, 5) is 31.3. The summed E-state index contributed by atoms with van der Waals surface area (Å²) in [5.41, 5.74) is 0. The van der Waals surface area contributed by atoms with E-state index in [-0.39, 0.29) is 73.6 Å². The third-order valence-corrected chi connectivity index (χ3v) is 10.0. The first-order valence-corrected chi connectivity index (χ1v) is 18.9. The average molecular weight is 843 g/mol. The summed E-state index contributed by atoms with van der Waals surface area (Å²) in [5, 5.41) is 17.3. The van der Waals surface area contributed by atoms with Crippen molar-refractivity contribution in [1.29, 1.82) is 5.26 Å². The van der Waals surface area contributed by atoms with E-state index in [2.05, 4.69) is 32.6 Å². The van der Waals surface area contributed by atoms with Crippen molar-refractivity contribution >= 4 is 59.3 Å². The first-order chi connectivity index (χ1) is 25.9. The predicted molar refractivity (Wildman–Crippen MR) is 214 cm³/mol. The molecule has 55 heavy (non-hydrogen) atoms. The highest BCUT2D eigenvalue weighted by atomic mass is 35.5. The quantitative estimate of drug-likeness (QED) is 0.151. The van der Waals surface area contributed by atoms with Crippen LogP contribution in [0.1, 0.15) is 28.8 Å². The minimum Gasteiger partial charge on any atom is -0.484 e. The minimum absolute atomic E-state index is 0. The summed E-state index contributed by atoms with van der Waals surface area (Å²) in [6.45, 7) is 8.54. The Hall–Kier alpha value is -3.85. The molecule has 0 radical (unpaired) electrons. The number of nitrogens with zero attached hydrogens (tertiary/aromatic N) is 3. The first kappa shape index (κ1) is 47.3. The van der Waals surface area contributed by atoms with Gasteiger partial charge in [0.1, 0.15) is 23.1 Å². The molecule has 0 aliphatic carbocycles. The van der Waals surface area contributed by atoms with Crippen LogP contribution < -0.4 is 20.1 Å². The normalized spacial score (nSPS) is 15.0. The summed E-state index contributed by atoms with van der Waals surface area (Å²) >= 11 is 3.37. The first-order valence-electron chi connectivity index (χ1n) is 17.2. The van der Waals surface area contributed by atoms with Gasteiger partial charge in [0.15, 0.2) is 13.2 Å². The third-order valence-electron chi connectivity index (χ3n) is 8.07. The van der Waals surface area contributed by atoms with Crippen LogP contribution >= 0.6 is 47.5 Å². The Kier molecular flexibility index (Phi) is 23.1. The monoisotopic (exact) mass is 841 g/mol. The molecule has 4 heterocycles. The molecule has 2 unspecified atom stereocenters. The largest absolute Gasteiger partial charge is 0.484 e. The zero-order valence-corrected chi connectivity index (χ0v) is 33.7. The van der Waals surface area contributed by atoms with E-state index in [4.69, 9.17) is 24.2 Å². The fraction of sp³-hybridized carbons (Fsp3) is 0.395. The highest BCUT2D eigenvalue weighted by Gasteiger charge is 2.25. The molecule has 17 heteroatoms. The second kappa shape index (κ2) is 26.9. The van der Waals surface area contributed by atoms with Gasteiger partial charge in [0.25, 0.3) is 11.8 Å². The fourth-order valence-electron chi connectivity index (χ4n) is 5.44. The summed E-state index contributed by atoms with van der Waals surface area (Å²) in [5.74, 6) is -0.112. The SMILES string of the molecule is CC#N.Cl.Cl.O=C(COc1ccc(F)cc1)NCC(c1cccs1)N1CCOCC1.O=C(COc1ccc(F)cc1)NCC(c1cccs1)N1CCOCC1. The van der Waals surface area contributed by atoms with E-state index < -0.39 is 0 Å². The van der Waals surface area contributed by atoms with Gasteiger partial charge in [-0.15, -0.1) is 47.5 Å². The summed E-state index contributed by atoms with van der Waals surface area (Å²) in [7, 11) is 0. The zero-order valence-electron chi connectivity index (χ0n) is 30.4. The maximum Gasteiger partial charge on any atom is 0.258 e. The van der Waals surface area contributed by atoms with Crippen molar-refractivity contribution in [2.24, 2.45) is 0 Å². The molecule has 2 N–H and O–H groups in total. The van der Waals surface area contributed by atoms with Crippen LogP contribution in [-0.2, 0) is 19.1 Å². The lowest BCUT2D eigenvalue weighted by molar-refractivity contribution is -0.124. The van der Waals surface area contributed by atoms with Crippen LogP contribution in [0.4, 0.5) is 8.78 Å². The molecule has 2 aromatic carbocycles. The smallest absolute Gasteiger partial charge is 0.258 e. The van der Waals surface area contributed by atoms with E-state index in [9.17, 15) is 18.4 Å². The molecule has 2 amide bonds. The lowest BCUT2D eigenvalue weighted by Crippen LogP contribution is -2.44. The maximum atomic E-state index is 12.9. The van der Waals surface area contributed by atoms with Crippen molar-refractivity contribution in [3.8, 4) is 17.6 Å². The van der Waals surface area contributed by atoms with Gasteiger partial charge < -0.3 is 29.6 Å². The van der Waals surface area contributed by atoms with Crippen molar-refractivity contribution < 1.29 is 37.3 Å². The number of amides is 2. The lowest BCUT2D eigenvalue weighted by atomic mass is 10.2. The van der Waals surface area contributed by atoms with Gasteiger partial charge in [-0.3, -0.25) is 19.4 Å². The Bertz CT molecular complexity index is 1540. The number of nitriles is 1. The summed E-state index contributed by atoms with van der Waals surface area (Å²) in [6, 6.07) is 21.5. The number of ether oxygens (including phenoxy) is 4. The van der Waals surface area contributed by atoms with E-state index in [1.54, 1.807) is 28.7 Å². The molecule has 4 aromatic rings. The van der Waals surface area contributed by atoms with Gasteiger partial charge in [0, 0.05) is 55.9 Å². The lowest BCUT2D eigenvalue weighted by Gasteiger charge is -2.34. The number of nitrogens with one attached hydrogen (secondary N) is 2. The number of carbonyl (C=O) groups is 2. The number of hydrogen-bond acceptors (Lipinski definition) is 11. The Morgan fingerprint density at radius 3 is 1.36 bits per heavy atom. The molecule has 2 aromatic heterocycles. The van der Waals surface area contributed by atoms with Gasteiger partial charge in [-0.25, -0.2) is 8.78 Å². The number of benzene rings is 2. The number of thiophene rings is 2. The molecule has 2 saturated heterocycles. The Labute approximate surface area is 341 Å². The minimum atomic E-state index is -0.332. The van der Waals surface area contributed by atoms with E-state index in [1.807, 2.05) is 22.9 Å². The van der Waals surface area contributed by atoms with Crippen molar-refractivity contribution in [3.05, 3.63) is 105 Å². The van der Waals surface area contributed by atoms with Crippen LogP contribution in [0.3, 0.4) is 0 Å². The average Bonchev–Trinajstić information content (AvgIpc) is 3.92. The predicted octanol–water partition coefficient (Wildman–Crippen LogP) is 6.28.